The first-order valence-corrected chi connectivity index (χ1v) is 8.61. The number of fused-ring (bicyclic) bond motifs is 1. The van der Waals surface area contributed by atoms with Gasteiger partial charge in [0.15, 0.2) is 0 Å². The van der Waals surface area contributed by atoms with E-state index in [1.807, 2.05) is 30.3 Å². The van der Waals surface area contributed by atoms with E-state index in [9.17, 15) is 4.79 Å². The van der Waals surface area contributed by atoms with Gasteiger partial charge in [-0.2, -0.15) is 5.10 Å². The Hall–Kier alpha value is -2.55. The number of hydrogen-bond donors (Lipinski definition) is 0. The number of hydrogen-bond acceptors (Lipinski definition) is 6. The number of aromatic nitrogens is 6. The van der Waals surface area contributed by atoms with Gasteiger partial charge < -0.3 is 9.47 Å². The molecule has 9 heteroatoms. The molecule has 1 amide bonds. The summed E-state index contributed by atoms with van der Waals surface area (Å²) < 4.78 is 3.94. The van der Waals surface area contributed by atoms with Crippen LogP contribution in [0.25, 0.3) is 0 Å². The van der Waals surface area contributed by atoms with E-state index in [1.165, 1.54) is 17.7 Å². The highest BCUT2D eigenvalue weighted by molar-refractivity contribution is 7.09. The molecule has 1 unspecified atom stereocenters. The van der Waals surface area contributed by atoms with Crippen molar-refractivity contribution in [2.45, 2.75) is 33.0 Å². The average Bonchev–Trinajstić information content (AvgIpc) is 3.30. The molecular weight excluding hydrogens is 326 g/mol. The van der Waals surface area contributed by atoms with E-state index in [4.69, 9.17) is 0 Å². The predicted molar refractivity (Wildman–Crippen MR) is 87.7 cm³/mol. The van der Waals surface area contributed by atoms with Crippen molar-refractivity contribution < 1.29 is 4.79 Å². The van der Waals surface area contributed by atoms with Crippen LogP contribution in [0.2, 0.25) is 0 Å². The van der Waals surface area contributed by atoms with Gasteiger partial charge in [0.2, 0.25) is 0 Å². The molecule has 124 valence electrons. The Morgan fingerprint density at radius 2 is 2.29 bits per heavy atom. The van der Waals surface area contributed by atoms with Crippen molar-refractivity contribution in [3.63, 3.8) is 0 Å². The average molecular weight is 343 g/mol. The molecule has 0 aliphatic carbocycles. The van der Waals surface area contributed by atoms with Crippen LogP contribution in [0.5, 0.6) is 0 Å². The normalized spacial score (nSPS) is 17.1. The van der Waals surface area contributed by atoms with E-state index < -0.39 is 0 Å². The lowest BCUT2D eigenvalue weighted by Crippen LogP contribution is -2.41. The molecule has 0 saturated heterocycles. The quantitative estimate of drug-likeness (QED) is 0.720. The Kier molecular flexibility index (Phi) is 3.64. The van der Waals surface area contributed by atoms with Crippen LogP contribution in [0.3, 0.4) is 0 Å². The SMILES string of the molecule is Cc1nc(C(=O)N2CCn3c(Cn4cncn4)cnc3C2C)cs1. The second-order valence-electron chi connectivity index (χ2n) is 5.78. The molecule has 0 spiro atoms. The maximum atomic E-state index is 12.7. The fourth-order valence-corrected chi connectivity index (χ4v) is 3.64. The maximum Gasteiger partial charge on any atom is 0.274 e. The van der Waals surface area contributed by atoms with E-state index >= 15 is 0 Å². The molecule has 8 nitrogen and oxygen atoms in total. The molecule has 4 rings (SSSR count). The second-order valence-corrected chi connectivity index (χ2v) is 6.84. The van der Waals surface area contributed by atoms with Crippen LogP contribution >= 0.6 is 11.3 Å². The van der Waals surface area contributed by atoms with Crippen LogP contribution in [0.4, 0.5) is 0 Å². The summed E-state index contributed by atoms with van der Waals surface area (Å²) in [5.74, 6) is 0.871. The van der Waals surface area contributed by atoms with Crippen LogP contribution in [0.15, 0.2) is 24.2 Å². The minimum Gasteiger partial charge on any atom is -0.327 e. The highest BCUT2D eigenvalue weighted by Gasteiger charge is 2.31. The van der Waals surface area contributed by atoms with Crippen LogP contribution in [-0.2, 0) is 13.1 Å². The van der Waals surface area contributed by atoms with Crippen LogP contribution < -0.4 is 0 Å². The third kappa shape index (κ3) is 2.50. The topological polar surface area (TPSA) is 81.7 Å². The van der Waals surface area contributed by atoms with Gasteiger partial charge in [0.25, 0.3) is 5.91 Å². The van der Waals surface area contributed by atoms with Gasteiger partial charge in [-0.3, -0.25) is 4.79 Å². The largest absolute Gasteiger partial charge is 0.327 e. The van der Waals surface area contributed by atoms with Crippen LogP contribution in [-0.4, -0.2) is 46.7 Å². The van der Waals surface area contributed by atoms with Gasteiger partial charge in [-0.15, -0.1) is 11.3 Å². The Balaban J connectivity index is 1.58. The van der Waals surface area contributed by atoms with Crippen molar-refractivity contribution in [3.05, 3.63) is 46.5 Å². The standard InChI is InChI=1S/C15H17N7OS/c1-10-14-17-5-12(6-20-9-16-8-18-20)22(14)4-3-21(10)15(23)13-7-24-11(2)19-13/h5,7-10H,3-4,6H2,1-2H3. The summed E-state index contributed by atoms with van der Waals surface area (Å²) in [6.45, 7) is 5.90. The number of carbonyl (C=O) groups is 1. The first kappa shape index (κ1) is 15.0. The molecular formula is C15H17N7OS. The summed E-state index contributed by atoms with van der Waals surface area (Å²) in [4.78, 5) is 27.4. The first-order valence-electron chi connectivity index (χ1n) is 7.73. The molecule has 3 aromatic rings. The van der Waals surface area contributed by atoms with Crippen LogP contribution in [0.1, 0.15) is 40.0 Å². The Bertz CT molecular complexity index is 866. The molecule has 0 fully saturated rings. The molecule has 0 bridgehead atoms. The summed E-state index contributed by atoms with van der Waals surface area (Å²) in [5, 5.41) is 6.86. The van der Waals surface area contributed by atoms with Crippen molar-refractivity contribution in [3.8, 4) is 0 Å². The molecule has 0 N–H and O–H groups in total. The number of imidazole rings is 1. The molecule has 1 aliphatic rings. The maximum absolute atomic E-state index is 12.7. The number of carbonyl (C=O) groups excluding carboxylic acids is 1. The van der Waals surface area contributed by atoms with Gasteiger partial charge in [0.05, 0.1) is 29.5 Å². The van der Waals surface area contributed by atoms with Gasteiger partial charge in [-0.1, -0.05) is 0 Å². The summed E-state index contributed by atoms with van der Waals surface area (Å²) in [6, 6.07) is -0.0854. The lowest BCUT2D eigenvalue weighted by molar-refractivity contribution is 0.0630. The molecule has 1 aliphatic heterocycles. The molecule has 0 aromatic carbocycles. The van der Waals surface area contributed by atoms with Crippen molar-refractivity contribution in [1.82, 2.24) is 34.2 Å². The van der Waals surface area contributed by atoms with E-state index in [-0.39, 0.29) is 11.9 Å². The van der Waals surface area contributed by atoms with E-state index in [1.54, 1.807) is 11.0 Å². The van der Waals surface area contributed by atoms with Gasteiger partial charge in [0.1, 0.15) is 24.2 Å². The molecule has 1 atom stereocenters. The fourth-order valence-electron chi connectivity index (χ4n) is 3.05. The molecule has 3 aromatic heterocycles. The van der Waals surface area contributed by atoms with E-state index in [0.717, 1.165) is 23.1 Å². The number of rotatable bonds is 3. The molecule has 4 heterocycles. The van der Waals surface area contributed by atoms with Crippen molar-refractivity contribution in [1.29, 1.82) is 0 Å². The minimum atomic E-state index is -0.0854. The lowest BCUT2D eigenvalue weighted by Gasteiger charge is -2.34. The minimum absolute atomic E-state index is 0.0288. The van der Waals surface area contributed by atoms with Crippen molar-refractivity contribution >= 4 is 17.2 Å². The highest BCUT2D eigenvalue weighted by atomic mass is 32.1. The van der Waals surface area contributed by atoms with Gasteiger partial charge >= 0.3 is 0 Å². The monoisotopic (exact) mass is 343 g/mol. The summed E-state index contributed by atoms with van der Waals surface area (Å²) in [6.07, 6.45) is 5.06. The molecule has 24 heavy (non-hydrogen) atoms. The highest BCUT2D eigenvalue weighted by Crippen LogP contribution is 2.27. The smallest absolute Gasteiger partial charge is 0.274 e. The van der Waals surface area contributed by atoms with Gasteiger partial charge in [0, 0.05) is 18.5 Å². The Morgan fingerprint density at radius 3 is 3.00 bits per heavy atom. The predicted octanol–water partition coefficient (Wildman–Crippen LogP) is 1.50. The number of thiazole rings is 1. The fraction of sp³-hybridized carbons (Fsp3) is 0.400. The van der Waals surface area contributed by atoms with Gasteiger partial charge in [-0.25, -0.2) is 19.6 Å². The van der Waals surface area contributed by atoms with Gasteiger partial charge in [-0.05, 0) is 13.8 Å². The zero-order chi connectivity index (χ0) is 16.7. The first-order chi connectivity index (χ1) is 11.6. The van der Waals surface area contributed by atoms with Crippen molar-refractivity contribution in [2.24, 2.45) is 0 Å². The number of amides is 1. The zero-order valence-electron chi connectivity index (χ0n) is 13.5. The number of aryl methyl sites for hydroxylation is 1. The van der Waals surface area contributed by atoms with Crippen molar-refractivity contribution in [2.75, 3.05) is 6.54 Å². The van der Waals surface area contributed by atoms with E-state index in [2.05, 4.69) is 24.6 Å². The zero-order valence-corrected chi connectivity index (χ0v) is 14.3. The molecule has 0 radical (unpaired) electrons. The third-order valence-electron chi connectivity index (χ3n) is 4.26. The second kappa shape index (κ2) is 5.82. The number of nitrogens with zero attached hydrogens (tertiary/aromatic N) is 7. The van der Waals surface area contributed by atoms with E-state index in [0.29, 0.717) is 18.8 Å². The molecule has 0 saturated carbocycles. The summed E-state index contributed by atoms with van der Waals surface area (Å²) in [7, 11) is 0. The Morgan fingerprint density at radius 1 is 1.42 bits per heavy atom. The third-order valence-corrected chi connectivity index (χ3v) is 5.04. The van der Waals surface area contributed by atoms with Crippen LogP contribution in [0, 0.1) is 6.92 Å². The lowest BCUT2D eigenvalue weighted by atomic mass is 10.2. The Labute approximate surface area is 142 Å². The summed E-state index contributed by atoms with van der Waals surface area (Å²) >= 11 is 1.49. The summed E-state index contributed by atoms with van der Waals surface area (Å²) in [5.41, 5.74) is 1.59.